The van der Waals surface area contributed by atoms with Gasteiger partial charge in [-0.15, -0.1) is 0 Å². The Labute approximate surface area is 245 Å². The van der Waals surface area contributed by atoms with Gasteiger partial charge in [0.05, 0.1) is 19.0 Å². The van der Waals surface area contributed by atoms with Crippen LogP contribution in [0.4, 0.5) is 5.69 Å². The van der Waals surface area contributed by atoms with Gasteiger partial charge in [-0.25, -0.2) is 0 Å². The highest BCUT2D eigenvalue weighted by atomic mass is 35.5. The van der Waals surface area contributed by atoms with Crippen LogP contribution in [0.5, 0.6) is 5.75 Å². The minimum atomic E-state index is -0.193. The Hall–Kier alpha value is -4.10. The molecule has 7 nitrogen and oxygen atoms in total. The molecule has 0 aliphatic heterocycles. The van der Waals surface area contributed by atoms with Gasteiger partial charge in [0.25, 0.3) is 5.91 Å². The molecule has 1 aromatic heterocycles. The molecular weight excluding hydrogens is 538 g/mol. The van der Waals surface area contributed by atoms with Crippen LogP contribution in [-0.2, 0) is 22.4 Å². The number of aromatic nitrogens is 1. The molecule has 3 aromatic carbocycles. The van der Waals surface area contributed by atoms with E-state index < -0.39 is 0 Å². The zero-order valence-electron chi connectivity index (χ0n) is 23.8. The van der Waals surface area contributed by atoms with Crippen LogP contribution in [0.25, 0.3) is 10.9 Å². The third-order valence-corrected chi connectivity index (χ3v) is 7.41. The van der Waals surface area contributed by atoms with Gasteiger partial charge in [-0.2, -0.15) is 0 Å². The zero-order chi connectivity index (χ0) is 29.4. The monoisotopic (exact) mass is 573 g/mol. The van der Waals surface area contributed by atoms with E-state index in [9.17, 15) is 14.4 Å². The zero-order valence-corrected chi connectivity index (χ0v) is 24.5. The highest BCUT2D eigenvalue weighted by molar-refractivity contribution is 6.30. The summed E-state index contributed by atoms with van der Waals surface area (Å²) in [6.07, 6.45) is 4.34. The molecule has 41 heavy (non-hydrogen) atoms. The number of carbonyl (C=O) groups excluding carboxylic acids is 3. The number of anilines is 1. The maximum atomic E-state index is 13.5. The van der Waals surface area contributed by atoms with Crippen LogP contribution in [0, 0.1) is 6.92 Å². The molecule has 0 saturated carbocycles. The summed E-state index contributed by atoms with van der Waals surface area (Å²) in [6, 6.07) is 20.0. The average Bonchev–Trinajstić information content (AvgIpc) is 3.24. The van der Waals surface area contributed by atoms with Crippen molar-refractivity contribution in [3.63, 3.8) is 0 Å². The Morgan fingerprint density at radius 1 is 0.927 bits per heavy atom. The summed E-state index contributed by atoms with van der Waals surface area (Å²) in [7, 11) is 1.59. The Kier molecular flexibility index (Phi) is 10.2. The average molecular weight is 574 g/mol. The van der Waals surface area contributed by atoms with Gasteiger partial charge in [-0.1, -0.05) is 43.5 Å². The van der Waals surface area contributed by atoms with Gasteiger partial charge in [0.15, 0.2) is 0 Å². The topological polar surface area (TPSA) is 89.4 Å². The molecule has 0 bridgehead atoms. The minimum absolute atomic E-state index is 0.0302. The van der Waals surface area contributed by atoms with Crippen molar-refractivity contribution in [3.05, 3.63) is 94.1 Å². The Balaban J connectivity index is 1.42. The van der Waals surface area contributed by atoms with Crippen LogP contribution in [0.2, 0.25) is 5.02 Å². The van der Waals surface area contributed by atoms with E-state index in [0.29, 0.717) is 46.9 Å². The normalized spacial score (nSPS) is 10.9. The predicted octanol–water partition coefficient (Wildman–Crippen LogP) is 6.72. The van der Waals surface area contributed by atoms with Crippen LogP contribution in [0.3, 0.4) is 0 Å². The quantitative estimate of drug-likeness (QED) is 0.184. The molecule has 8 heteroatoms. The summed E-state index contributed by atoms with van der Waals surface area (Å²) in [5, 5.41) is 7.29. The van der Waals surface area contributed by atoms with E-state index in [4.69, 9.17) is 16.3 Å². The molecule has 0 fully saturated rings. The lowest BCUT2D eigenvalue weighted by atomic mass is 10.1. The van der Waals surface area contributed by atoms with Crippen molar-refractivity contribution >= 4 is 45.9 Å². The number of hydrogen-bond acceptors (Lipinski definition) is 4. The minimum Gasteiger partial charge on any atom is -0.497 e. The van der Waals surface area contributed by atoms with Gasteiger partial charge in [-0.3, -0.25) is 19.0 Å². The van der Waals surface area contributed by atoms with Gasteiger partial charge < -0.3 is 15.4 Å². The van der Waals surface area contributed by atoms with Crippen molar-refractivity contribution in [2.24, 2.45) is 0 Å². The molecule has 0 aliphatic carbocycles. The molecule has 4 rings (SSSR count). The molecule has 0 saturated heterocycles. The predicted molar refractivity (Wildman–Crippen MR) is 164 cm³/mol. The van der Waals surface area contributed by atoms with E-state index in [2.05, 4.69) is 17.6 Å². The second-order valence-corrected chi connectivity index (χ2v) is 10.5. The van der Waals surface area contributed by atoms with Crippen LogP contribution < -0.4 is 15.4 Å². The largest absolute Gasteiger partial charge is 0.497 e. The third kappa shape index (κ3) is 7.55. The maximum absolute atomic E-state index is 13.5. The fourth-order valence-corrected chi connectivity index (χ4v) is 5.00. The fourth-order valence-electron chi connectivity index (χ4n) is 4.88. The maximum Gasteiger partial charge on any atom is 0.262 e. The number of amides is 2. The lowest BCUT2D eigenvalue weighted by Gasteiger charge is -2.09. The molecular formula is C33H36ClN3O4. The van der Waals surface area contributed by atoms with Gasteiger partial charge in [-0.05, 0) is 85.5 Å². The number of ether oxygens (including phenoxy) is 1. The van der Waals surface area contributed by atoms with Crippen molar-refractivity contribution in [2.75, 3.05) is 19.0 Å². The van der Waals surface area contributed by atoms with E-state index in [0.717, 1.165) is 41.5 Å². The number of rotatable bonds is 12. The number of benzene rings is 3. The van der Waals surface area contributed by atoms with E-state index in [1.165, 1.54) is 0 Å². The van der Waals surface area contributed by atoms with E-state index in [-0.39, 0.29) is 24.1 Å². The first-order valence-electron chi connectivity index (χ1n) is 13.9. The Bertz CT molecular complexity index is 1530. The second-order valence-electron chi connectivity index (χ2n) is 10.1. The lowest BCUT2D eigenvalue weighted by Crippen LogP contribution is -2.27. The van der Waals surface area contributed by atoms with E-state index in [1.807, 2.05) is 43.3 Å². The number of nitrogens with one attached hydrogen (secondary N) is 2. The summed E-state index contributed by atoms with van der Waals surface area (Å²) in [6.45, 7) is 4.43. The molecule has 0 spiro atoms. The van der Waals surface area contributed by atoms with Crippen LogP contribution >= 0.6 is 11.6 Å². The van der Waals surface area contributed by atoms with Crippen LogP contribution in [0.1, 0.15) is 59.8 Å². The van der Waals surface area contributed by atoms with Crippen LogP contribution in [0.15, 0.2) is 66.7 Å². The molecule has 0 unspecified atom stereocenters. The van der Waals surface area contributed by atoms with Crippen LogP contribution in [-0.4, -0.2) is 35.9 Å². The summed E-state index contributed by atoms with van der Waals surface area (Å²) in [4.78, 5) is 38.5. The first-order valence-corrected chi connectivity index (χ1v) is 14.3. The summed E-state index contributed by atoms with van der Waals surface area (Å²) >= 11 is 6.02. The number of carbonyl (C=O) groups is 3. The number of fused-ring (bicyclic) bond motifs is 1. The van der Waals surface area contributed by atoms with Gasteiger partial charge in [0.2, 0.25) is 11.8 Å². The molecule has 214 valence electrons. The molecule has 2 N–H and O–H groups in total. The smallest absolute Gasteiger partial charge is 0.262 e. The summed E-state index contributed by atoms with van der Waals surface area (Å²) in [5.74, 6) is 0.352. The highest BCUT2D eigenvalue weighted by Crippen LogP contribution is 2.31. The molecule has 1 heterocycles. The molecule has 0 atom stereocenters. The highest BCUT2D eigenvalue weighted by Gasteiger charge is 2.22. The summed E-state index contributed by atoms with van der Waals surface area (Å²) in [5.41, 5.74) is 4.52. The Morgan fingerprint density at radius 3 is 2.34 bits per heavy atom. The standard InChI is InChI=1S/C33H36ClN3O4/c1-4-5-6-7-31(38)36-26-14-8-23(9-15-26)18-19-35-32(39)21-28-22(2)37(30-17-16-27(41-3)20-29(28)30)33(40)24-10-12-25(34)13-11-24/h8-17,20H,4-7,18-19,21H2,1-3H3,(H,35,39)(H,36,38). The number of hydrogen-bond donors (Lipinski definition) is 2. The second kappa shape index (κ2) is 14.0. The lowest BCUT2D eigenvalue weighted by molar-refractivity contribution is -0.120. The fraction of sp³-hybridized carbons (Fsp3) is 0.303. The first kappa shape index (κ1) is 29.9. The molecule has 2 amide bonds. The van der Waals surface area contributed by atoms with Crippen molar-refractivity contribution in [1.29, 1.82) is 0 Å². The SMILES string of the molecule is CCCCCC(=O)Nc1ccc(CCNC(=O)Cc2c(C)n(C(=O)c3ccc(Cl)cc3)c3ccc(OC)cc23)cc1. The molecule has 0 aliphatic rings. The molecule has 0 radical (unpaired) electrons. The van der Waals surface area contributed by atoms with Gasteiger partial charge in [0, 0.05) is 40.3 Å². The Morgan fingerprint density at radius 2 is 1.66 bits per heavy atom. The molecule has 4 aromatic rings. The van der Waals surface area contributed by atoms with Crippen molar-refractivity contribution in [1.82, 2.24) is 9.88 Å². The number of halogens is 1. The van der Waals surface area contributed by atoms with Crippen molar-refractivity contribution in [3.8, 4) is 5.75 Å². The number of nitrogens with zero attached hydrogens (tertiary/aromatic N) is 1. The number of methoxy groups -OCH3 is 1. The summed E-state index contributed by atoms with van der Waals surface area (Å²) < 4.78 is 7.07. The third-order valence-electron chi connectivity index (χ3n) is 7.15. The van der Waals surface area contributed by atoms with E-state index >= 15 is 0 Å². The van der Waals surface area contributed by atoms with Gasteiger partial charge >= 0.3 is 0 Å². The van der Waals surface area contributed by atoms with Gasteiger partial charge in [0.1, 0.15) is 5.75 Å². The number of unbranched alkanes of at least 4 members (excludes halogenated alkanes) is 2. The first-order chi connectivity index (χ1) is 19.8. The van der Waals surface area contributed by atoms with Crippen molar-refractivity contribution in [2.45, 2.75) is 52.4 Å². The van der Waals surface area contributed by atoms with Crippen molar-refractivity contribution < 1.29 is 19.1 Å². The van der Waals surface area contributed by atoms with E-state index in [1.54, 1.807) is 42.0 Å².